The number of rotatable bonds is 4. The zero-order valence-electron chi connectivity index (χ0n) is 15.1. The summed E-state index contributed by atoms with van der Waals surface area (Å²) >= 11 is 0. The van der Waals surface area contributed by atoms with Crippen molar-refractivity contribution >= 4 is 5.91 Å². The number of carbonyl (C=O) groups excluding carboxylic acids is 1. The van der Waals surface area contributed by atoms with Gasteiger partial charge in [0.25, 0.3) is 5.91 Å². The summed E-state index contributed by atoms with van der Waals surface area (Å²) in [6.07, 6.45) is 3.06. The summed E-state index contributed by atoms with van der Waals surface area (Å²) in [5.41, 5.74) is 2.37. The van der Waals surface area contributed by atoms with Gasteiger partial charge in [0.05, 0.1) is 24.4 Å². The molecule has 1 fully saturated rings. The Kier molecular flexibility index (Phi) is 3.87. The van der Waals surface area contributed by atoms with Gasteiger partial charge in [-0.2, -0.15) is 5.10 Å². The molecule has 1 amide bonds. The van der Waals surface area contributed by atoms with Crippen LogP contribution in [0.4, 0.5) is 0 Å². The highest BCUT2D eigenvalue weighted by molar-refractivity contribution is 5.93. The average molecular weight is 344 g/mol. The molecule has 1 saturated carbocycles. The number of carbonyl (C=O) groups is 1. The highest BCUT2D eigenvalue weighted by atomic mass is 16.5. The third kappa shape index (κ3) is 2.84. The van der Waals surface area contributed by atoms with Crippen molar-refractivity contribution in [3.8, 4) is 0 Å². The Labute approximate surface area is 146 Å². The van der Waals surface area contributed by atoms with E-state index in [9.17, 15) is 4.79 Å². The summed E-state index contributed by atoms with van der Waals surface area (Å²) in [6.45, 7) is 4.41. The molecule has 8 nitrogen and oxygen atoms in total. The summed E-state index contributed by atoms with van der Waals surface area (Å²) in [7, 11) is 3.75. The quantitative estimate of drug-likeness (QED) is 0.912. The Bertz CT molecular complexity index is 806. The maximum Gasteiger partial charge on any atom is 0.274 e. The van der Waals surface area contributed by atoms with Crippen LogP contribution >= 0.6 is 0 Å². The molecule has 1 aliphatic heterocycles. The fourth-order valence-electron chi connectivity index (χ4n) is 3.53. The fourth-order valence-corrected chi connectivity index (χ4v) is 3.53. The first-order chi connectivity index (χ1) is 12.0. The standard InChI is InChI=1S/C17H24N6O2/c1-9-7-12-14(10(2)25-9)19-20-15(12)17(24)22(3)8-13-18-21-16(23(13)4)11-5-6-11/h9-11H,5-8H2,1-4H3,(H,19,20)/t9-,10+/m1/s1. The van der Waals surface area contributed by atoms with Gasteiger partial charge >= 0.3 is 0 Å². The number of amides is 1. The summed E-state index contributed by atoms with van der Waals surface area (Å²) in [4.78, 5) is 14.6. The van der Waals surface area contributed by atoms with E-state index in [1.165, 1.54) is 12.8 Å². The van der Waals surface area contributed by atoms with Crippen molar-refractivity contribution in [2.75, 3.05) is 7.05 Å². The third-order valence-electron chi connectivity index (χ3n) is 5.10. The van der Waals surface area contributed by atoms with Crippen molar-refractivity contribution < 1.29 is 9.53 Å². The molecule has 1 aliphatic carbocycles. The lowest BCUT2D eigenvalue weighted by atomic mass is 9.99. The number of H-pyrrole nitrogens is 1. The molecule has 4 rings (SSSR count). The summed E-state index contributed by atoms with van der Waals surface area (Å²) in [5, 5.41) is 15.8. The molecule has 8 heteroatoms. The van der Waals surface area contributed by atoms with Crippen LogP contribution in [0.5, 0.6) is 0 Å². The van der Waals surface area contributed by atoms with E-state index in [-0.39, 0.29) is 18.1 Å². The Morgan fingerprint density at radius 1 is 1.36 bits per heavy atom. The van der Waals surface area contributed by atoms with E-state index in [4.69, 9.17) is 4.74 Å². The Hall–Kier alpha value is -2.22. The van der Waals surface area contributed by atoms with Crippen molar-refractivity contribution in [3.63, 3.8) is 0 Å². The fraction of sp³-hybridized carbons (Fsp3) is 0.647. The highest BCUT2D eigenvalue weighted by Crippen LogP contribution is 2.38. The average Bonchev–Trinajstić information content (AvgIpc) is 3.22. The molecule has 1 N–H and O–H groups in total. The lowest BCUT2D eigenvalue weighted by Crippen LogP contribution is -2.30. The molecule has 3 heterocycles. The Balaban J connectivity index is 1.53. The first kappa shape index (κ1) is 16.3. The molecule has 0 radical (unpaired) electrons. The minimum atomic E-state index is -0.102. The van der Waals surface area contributed by atoms with E-state index in [0.717, 1.165) is 22.9 Å². The highest BCUT2D eigenvalue weighted by Gasteiger charge is 2.32. The number of hydrogen-bond donors (Lipinski definition) is 1. The molecule has 0 aromatic carbocycles. The van der Waals surface area contributed by atoms with Crippen molar-refractivity contribution in [2.45, 2.75) is 57.8 Å². The van der Waals surface area contributed by atoms with E-state index in [1.807, 2.05) is 25.5 Å². The van der Waals surface area contributed by atoms with Gasteiger partial charge < -0.3 is 14.2 Å². The van der Waals surface area contributed by atoms with Crippen LogP contribution in [0, 0.1) is 0 Å². The zero-order valence-corrected chi connectivity index (χ0v) is 15.1. The summed E-state index contributed by atoms with van der Waals surface area (Å²) < 4.78 is 7.80. The molecule has 0 unspecified atom stereocenters. The van der Waals surface area contributed by atoms with Gasteiger partial charge in [-0.05, 0) is 26.7 Å². The van der Waals surface area contributed by atoms with E-state index in [2.05, 4.69) is 20.4 Å². The molecule has 134 valence electrons. The van der Waals surface area contributed by atoms with Crippen LogP contribution in [-0.2, 0) is 24.8 Å². The molecule has 0 bridgehead atoms. The van der Waals surface area contributed by atoms with Crippen LogP contribution in [0.2, 0.25) is 0 Å². The van der Waals surface area contributed by atoms with Gasteiger partial charge in [0.15, 0.2) is 11.5 Å². The van der Waals surface area contributed by atoms with Crippen LogP contribution in [0.3, 0.4) is 0 Å². The molecule has 0 saturated heterocycles. The van der Waals surface area contributed by atoms with E-state index in [0.29, 0.717) is 24.6 Å². The second-order valence-electron chi connectivity index (χ2n) is 7.23. The van der Waals surface area contributed by atoms with Crippen molar-refractivity contribution in [1.29, 1.82) is 0 Å². The van der Waals surface area contributed by atoms with Gasteiger partial charge in [-0.25, -0.2) is 0 Å². The monoisotopic (exact) mass is 344 g/mol. The van der Waals surface area contributed by atoms with Gasteiger partial charge in [-0.1, -0.05) is 0 Å². The molecule has 2 aromatic rings. The smallest absolute Gasteiger partial charge is 0.274 e. The van der Waals surface area contributed by atoms with E-state index >= 15 is 0 Å². The Morgan fingerprint density at radius 3 is 2.84 bits per heavy atom. The topological polar surface area (TPSA) is 88.9 Å². The predicted octanol–water partition coefficient (Wildman–Crippen LogP) is 1.71. The maximum atomic E-state index is 12.9. The molecular formula is C17H24N6O2. The second kappa shape index (κ2) is 5.94. The Morgan fingerprint density at radius 2 is 2.12 bits per heavy atom. The number of hydrogen-bond acceptors (Lipinski definition) is 5. The molecule has 2 aliphatic rings. The van der Waals surface area contributed by atoms with Crippen molar-refractivity contribution in [3.05, 3.63) is 28.6 Å². The minimum absolute atomic E-state index is 0.0713. The van der Waals surface area contributed by atoms with Gasteiger partial charge in [0, 0.05) is 32.0 Å². The first-order valence-electron chi connectivity index (χ1n) is 8.82. The third-order valence-corrected chi connectivity index (χ3v) is 5.10. The minimum Gasteiger partial charge on any atom is -0.369 e. The maximum absolute atomic E-state index is 12.9. The summed E-state index contributed by atoms with van der Waals surface area (Å²) in [5.74, 6) is 2.25. The largest absolute Gasteiger partial charge is 0.369 e. The number of ether oxygens (including phenoxy) is 1. The van der Waals surface area contributed by atoms with Crippen LogP contribution in [0.1, 0.15) is 72.1 Å². The van der Waals surface area contributed by atoms with Gasteiger partial charge in [-0.15, -0.1) is 10.2 Å². The molecular weight excluding hydrogens is 320 g/mol. The normalized spacial score (nSPS) is 22.7. The zero-order chi connectivity index (χ0) is 17.7. The first-order valence-corrected chi connectivity index (χ1v) is 8.82. The van der Waals surface area contributed by atoms with Crippen LogP contribution in [-0.4, -0.2) is 48.9 Å². The predicted molar refractivity (Wildman–Crippen MR) is 90.0 cm³/mol. The lowest BCUT2D eigenvalue weighted by Gasteiger charge is -2.25. The van der Waals surface area contributed by atoms with Crippen LogP contribution in [0.15, 0.2) is 0 Å². The second-order valence-corrected chi connectivity index (χ2v) is 7.23. The summed E-state index contributed by atoms with van der Waals surface area (Å²) in [6, 6.07) is 0. The number of fused-ring (bicyclic) bond motifs is 1. The van der Waals surface area contributed by atoms with Crippen molar-refractivity contribution in [1.82, 2.24) is 29.9 Å². The SMILES string of the molecule is C[C@@H]1Cc2c(C(=O)N(C)Cc3nnc(C4CC4)n3C)n[nH]c2[C@H](C)O1. The lowest BCUT2D eigenvalue weighted by molar-refractivity contribution is -0.00701. The number of nitrogens with one attached hydrogen (secondary N) is 1. The number of aromatic amines is 1. The van der Waals surface area contributed by atoms with Gasteiger partial charge in [-0.3, -0.25) is 9.89 Å². The molecule has 2 atom stereocenters. The number of aromatic nitrogens is 5. The number of nitrogens with zero attached hydrogens (tertiary/aromatic N) is 5. The van der Waals surface area contributed by atoms with Crippen LogP contribution < -0.4 is 0 Å². The molecule has 0 spiro atoms. The van der Waals surface area contributed by atoms with Crippen molar-refractivity contribution in [2.24, 2.45) is 7.05 Å². The molecule has 25 heavy (non-hydrogen) atoms. The van der Waals surface area contributed by atoms with Gasteiger partial charge in [0.1, 0.15) is 5.82 Å². The van der Waals surface area contributed by atoms with E-state index < -0.39 is 0 Å². The molecule has 2 aromatic heterocycles. The van der Waals surface area contributed by atoms with Crippen LogP contribution in [0.25, 0.3) is 0 Å². The van der Waals surface area contributed by atoms with Gasteiger partial charge in [0.2, 0.25) is 0 Å². The van der Waals surface area contributed by atoms with E-state index in [1.54, 1.807) is 11.9 Å².